The topological polar surface area (TPSA) is 101 Å². The molecule has 2 aromatic rings. The summed E-state index contributed by atoms with van der Waals surface area (Å²) >= 11 is 0. The van der Waals surface area contributed by atoms with Gasteiger partial charge >= 0.3 is 5.97 Å². The third-order valence-corrected chi connectivity index (χ3v) is 14.0. The molecule has 4 aliphatic carbocycles. The molecule has 4 amide bonds. The van der Waals surface area contributed by atoms with Crippen molar-refractivity contribution < 1.29 is 175 Å². The molecule has 4 saturated carbocycles. The number of benzene rings is 2. The number of imide groups is 2. The first-order valence-electron chi connectivity index (χ1n) is 21.4. The maximum atomic E-state index is 12.9. The van der Waals surface area contributed by atoms with Gasteiger partial charge in [0, 0.05) is 160 Å². The Morgan fingerprint density at radius 2 is 0.883 bits per heavy atom. The number of hydrogen-bond acceptors (Lipinski definition) is 6. The minimum absolute atomic E-state index is 0. The number of hydrogen-bond donors (Lipinski definition) is 0. The van der Waals surface area contributed by atoms with Crippen molar-refractivity contribution in [2.24, 2.45) is 47.3 Å². The minimum Gasteiger partial charge on any atom is -0.469 e. The number of methoxy groups -OCH3 is 1. The molecule has 8 nitrogen and oxygen atoms in total. The van der Waals surface area contributed by atoms with E-state index in [2.05, 4.69) is 48.1 Å². The number of amides is 4. The molecule has 2 heterocycles. The second kappa shape index (κ2) is 29.0. The summed E-state index contributed by atoms with van der Waals surface area (Å²) in [6, 6.07) is 17.5. The molecule has 333 valence electrons. The van der Waals surface area contributed by atoms with E-state index < -0.39 is 0 Å². The first-order valence-corrected chi connectivity index (χ1v) is 21.4. The Bertz CT molecular complexity index is 1610. The van der Waals surface area contributed by atoms with E-state index in [1.165, 1.54) is 98.3 Å². The second-order valence-corrected chi connectivity index (χ2v) is 17.6. The summed E-state index contributed by atoms with van der Waals surface area (Å²) in [5, 5.41) is 0. The van der Waals surface area contributed by atoms with Gasteiger partial charge in [0.25, 0.3) is 0 Å². The Morgan fingerprint density at radius 3 is 1.22 bits per heavy atom. The van der Waals surface area contributed by atoms with E-state index in [1.807, 2.05) is 12.1 Å². The van der Waals surface area contributed by atoms with E-state index in [4.69, 9.17) is 0 Å². The molecular weight excluding hydrogens is 909 g/mol. The molecule has 0 aromatic heterocycles. The van der Waals surface area contributed by atoms with Gasteiger partial charge in [0.05, 0.1) is 36.5 Å². The van der Waals surface area contributed by atoms with Crippen LogP contribution in [0.1, 0.15) is 134 Å². The molecule has 4 atom stereocenters. The van der Waals surface area contributed by atoms with Crippen LogP contribution in [0.4, 0.5) is 5.69 Å². The van der Waals surface area contributed by atoms with Gasteiger partial charge in [-0.3, -0.25) is 33.8 Å². The normalized spacial score (nSPS) is 27.9. The van der Waals surface area contributed by atoms with Gasteiger partial charge in [0.15, 0.2) is 0 Å². The fraction of sp³-hybridized carbons (Fsp3) is 0.646. The van der Waals surface area contributed by atoms with Crippen LogP contribution in [0.15, 0.2) is 48.5 Å². The van der Waals surface area contributed by atoms with E-state index in [9.17, 15) is 24.0 Å². The van der Waals surface area contributed by atoms with E-state index in [-0.39, 0.29) is 207 Å². The van der Waals surface area contributed by atoms with Crippen molar-refractivity contribution in [3.05, 3.63) is 65.2 Å². The molecule has 0 N–H and O–H groups in total. The van der Waals surface area contributed by atoms with E-state index in [1.54, 1.807) is 7.05 Å². The molecule has 0 spiro atoms. The van der Waals surface area contributed by atoms with Gasteiger partial charge in [-0.2, -0.15) is 0 Å². The van der Waals surface area contributed by atoms with Crippen LogP contribution in [0.5, 0.6) is 0 Å². The van der Waals surface area contributed by atoms with Crippen LogP contribution in [0.2, 0.25) is 0 Å². The zero-order valence-corrected chi connectivity index (χ0v) is 40.4. The quantitative estimate of drug-likeness (QED) is 0.211. The Labute approximate surface area is 476 Å². The summed E-state index contributed by atoms with van der Waals surface area (Å²) < 4.78 is 4.11. The van der Waals surface area contributed by atoms with Crippen molar-refractivity contribution >= 4 is 35.3 Å². The first-order chi connectivity index (χ1) is 26.5. The van der Waals surface area contributed by atoms with Crippen LogP contribution >= 0.6 is 0 Å². The Morgan fingerprint density at radius 1 is 0.567 bits per heavy atom. The average molecular weight is 978 g/mol. The smallest absolute Gasteiger partial charge is 0.302 e. The van der Waals surface area contributed by atoms with E-state index >= 15 is 0 Å². The Kier molecular flexibility index (Phi) is 28.5. The number of fused-ring (bicyclic) bond motifs is 2. The second-order valence-electron chi connectivity index (χ2n) is 17.6. The molecule has 8 rings (SSSR count). The maximum absolute atomic E-state index is 12.9. The van der Waals surface area contributed by atoms with Crippen molar-refractivity contribution in [2.75, 3.05) is 19.1 Å². The zero-order chi connectivity index (χ0) is 39.1. The van der Waals surface area contributed by atoms with E-state index in [0.717, 1.165) is 87.1 Å². The van der Waals surface area contributed by atoms with Gasteiger partial charge in [-0.05, 0) is 144 Å². The number of carbonyl (C=O) groups excluding carboxylic acids is 5. The number of aryl methyl sites for hydroxylation is 1. The van der Waals surface area contributed by atoms with Crippen LogP contribution in [-0.4, -0.2) is 48.7 Å². The number of carbonyl (C=O) groups is 5. The van der Waals surface area contributed by atoms with Crippen LogP contribution in [-0.2, 0) is 74.3 Å². The fourth-order valence-corrected chi connectivity index (χ4v) is 10.6. The number of anilines is 1. The van der Waals surface area contributed by atoms with Crippen molar-refractivity contribution in [2.45, 2.75) is 137 Å². The summed E-state index contributed by atoms with van der Waals surface area (Å²) in [7, 11) is 2.95. The monoisotopic (exact) mass is 977 g/mol. The predicted molar refractivity (Wildman–Crippen MR) is 222 cm³/mol. The fourth-order valence-electron chi connectivity index (χ4n) is 10.6. The van der Waals surface area contributed by atoms with Crippen molar-refractivity contribution in [1.29, 1.82) is 0 Å². The third kappa shape index (κ3) is 15.6. The average Bonchev–Trinajstić information content (AvgIpc) is 3.60. The van der Waals surface area contributed by atoms with Crippen LogP contribution < -0.4 is 4.90 Å². The number of rotatable bonds is 6. The maximum Gasteiger partial charge on any atom is 0.302 e. The van der Waals surface area contributed by atoms with Gasteiger partial charge in [-0.25, -0.2) is 0 Å². The molecule has 60 heavy (non-hydrogen) atoms. The molecule has 2 saturated heterocycles. The summed E-state index contributed by atoms with van der Waals surface area (Å²) in [4.78, 5) is 61.2. The number of nitrogens with zero attached hydrogens (tertiary/aromatic N) is 2. The summed E-state index contributed by atoms with van der Waals surface area (Å²) in [5.41, 5.74) is 5.01. The third-order valence-electron chi connectivity index (χ3n) is 14.0. The zero-order valence-electron chi connectivity index (χ0n) is 35.4. The number of likely N-dealkylation sites (tertiary alicyclic amines) is 1. The summed E-state index contributed by atoms with van der Waals surface area (Å²) in [6.45, 7) is 3.53. The molecular formula is C48H68Ar3N2O6Y. The molecule has 0 bridgehead atoms. The first kappa shape index (κ1) is 59.1. The Hall–Kier alpha value is 1.07. The number of esters is 1. The summed E-state index contributed by atoms with van der Waals surface area (Å²) in [6.07, 6.45) is 21.5. The van der Waals surface area contributed by atoms with Crippen molar-refractivity contribution in [3.8, 4) is 0 Å². The molecule has 2 aliphatic heterocycles. The van der Waals surface area contributed by atoms with Gasteiger partial charge in [-0.1, -0.05) is 75.1 Å². The largest absolute Gasteiger partial charge is 0.469 e. The minimum atomic E-state index is -0.245. The molecule has 1 radical (unpaired) electrons. The van der Waals surface area contributed by atoms with Crippen LogP contribution in [0.25, 0.3) is 0 Å². The van der Waals surface area contributed by atoms with Crippen molar-refractivity contribution in [3.63, 3.8) is 0 Å². The van der Waals surface area contributed by atoms with Gasteiger partial charge < -0.3 is 4.74 Å². The van der Waals surface area contributed by atoms with E-state index in [0.29, 0.717) is 0 Å². The van der Waals surface area contributed by atoms with Gasteiger partial charge in [0.2, 0.25) is 23.6 Å². The molecule has 12 heteroatoms. The van der Waals surface area contributed by atoms with Crippen LogP contribution in [0.3, 0.4) is 0 Å². The SMILES string of the molecule is C.CN1C(=O)C2CCCCC2C1=O.COC(C)=O.Cc1ccc(CC2CCC(C3CCC(Cc4ccc(N5C(=O)C6CCCCC6C5=O)cc4)CC3)CC2)cc1.[Ar].[Ar].[Ar].[Y]. The molecule has 4 unspecified atom stereocenters. The van der Waals surface area contributed by atoms with Crippen LogP contribution in [0, 0.1) is 167 Å². The van der Waals surface area contributed by atoms with Gasteiger partial charge in [-0.15, -0.1) is 0 Å². The Balaban J connectivity index is 0.000000689. The predicted octanol–water partition coefficient (Wildman–Crippen LogP) is 9.68. The number of ether oxygens (including phenoxy) is 1. The van der Waals surface area contributed by atoms with Gasteiger partial charge in [0.1, 0.15) is 0 Å². The molecule has 6 aliphatic rings. The standard InChI is InChI=1S/C35H45NO2.C9H13NO2.C3H6O2.CH4.3Ar.Y/c1-24-6-8-25(9-7-24)22-26-10-16-29(17-11-26)30-18-12-27(13-19-30)23-28-14-20-31(21-15-28)36-34(37)32-4-2-3-5-33(32)35(36)38;1-10-8(11)6-4-2-3-5-7(6)9(10)12;1-3(4)5-2;;;;;/h6-9,14-15,20-21,26-27,29-30,32-33H,2-5,10-13,16-19,22-23H2,1H3;6-7H,2-5H2,1H3;1-2H3;1H4;;;;. The van der Waals surface area contributed by atoms with Crippen molar-refractivity contribution in [1.82, 2.24) is 4.90 Å². The molecule has 2 aromatic carbocycles. The molecule has 6 fully saturated rings. The summed E-state index contributed by atoms with van der Waals surface area (Å²) in [5.74, 6) is 3.35.